The summed E-state index contributed by atoms with van der Waals surface area (Å²) in [5, 5.41) is 21.4. The second kappa shape index (κ2) is 12.7. The monoisotopic (exact) mass is 458 g/mol. The molecule has 2 N–H and O–H groups in total. The van der Waals surface area contributed by atoms with Crippen molar-refractivity contribution in [3.8, 4) is 0 Å². The molecule has 2 aromatic rings. The maximum atomic E-state index is 12.6. The van der Waals surface area contributed by atoms with Gasteiger partial charge < -0.3 is 10.4 Å². The van der Waals surface area contributed by atoms with E-state index in [0.717, 1.165) is 20.8 Å². The minimum Gasteiger partial charge on any atom is -0.510 e. The summed E-state index contributed by atoms with van der Waals surface area (Å²) in [6, 6.07) is 7.88. The number of nitrogens with one attached hydrogen (secondary N) is 1. The molecule has 0 bridgehead atoms. The van der Waals surface area contributed by atoms with Gasteiger partial charge in [0.1, 0.15) is 10.8 Å². The maximum absolute atomic E-state index is 12.6. The number of para-hydroxylation sites is 1. The molecule has 33 heavy (non-hydrogen) atoms. The number of azo groups is 1. The fraction of sp³-hybridized carbons (Fsp3) is 0.0769. The van der Waals surface area contributed by atoms with Gasteiger partial charge in [-0.15, -0.1) is 16.5 Å². The molecule has 0 aliphatic heterocycles. The highest BCUT2D eigenvalue weighted by molar-refractivity contribution is 7.19. The van der Waals surface area contributed by atoms with E-state index in [1.54, 1.807) is 53.9 Å². The first kappa shape index (κ1) is 25.2. The molecule has 0 saturated carbocycles. The Morgan fingerprint density at radius 2 is 1.88 bits per heavy atom. The van der Waals surface area contributed by atoms with Gasteiger partial charge in [0.15, 0.2) is 5.70 Å². The summed E-state index contributed by atoms with van der Waals surface area (Å²) in [5.74, 6) is -0.875. The molecular formula is C26H26N4O2S. The number of aliphatic hydroxyl groups is 1. The van der Waals surface area contributed by atoms with Crippen molar-refractivity contribution in [3.63, 3.8) is 0 Å². The molecule has 1 amide bonds. The Morgan fingerprint density at radius 3 is 2.48 bits per heavy atom. The zero-order valence-corrected chi connectivity index (χ0v) is 19.5. The largest absolute Gasteiger partial charge is 0.510 e. The summed E-state index contributed by atoms with van der Waals surface area (Å²) >= 11 is 1.56. The Hall–Kier alpha value is -4.10. The second-order valence-corrected chi connectivity index (χ2v) is 7.59. The average Bonchev–Trinajstić information content (AvgIpc) is 3.22. The van der Waals surface area contributed by atoms with Crippen LogP contribution in [0.5, 0.6) is 0 Å². The van der Waals surface area contributed by atoms with Crippen LogP contribution in [0.1, 0.15) is 18.9 Å². The first-order chi connectivity index (χ1) is 15.9. The van der Waals surface area contributed by atoms with Crippen LogP contribution in [0, 0.1) is 0 Å². The number of hydrogen-bond donors (Lipinski definition) is 2. The van der Waals surface area contributed by atoms with Crippen LogP contribution in [-0.4, -0.2) is 16.0 Å². The highest BCUT2D eigenvalue weighted by Gasteiger charge is 2.13. The SMILES string of the molecule is C=C/C=C(\C=C/C)NC(=O)C(N=N/C(C=C)=C/C=C(\C=C)c1nc2ccccc2s1)=C(C)O. The van der Waals surface area contributed by atoms with Crippen molar-refractivity contribution in [2.45, 2.75) is 13.8 Å². The van der Waals surface area contributed by atoms with Gasteiger partial charge in [0.05, 0.1) is 15.9 Å². The van der Waals surface area contributed by atoms with Gasteiger partial charge in [-0.3, -0.25) is 4.79 Å². The Labute approximate surface area is 197 Å². The van der Waals surface area contributed by atoms with E-state index in [4.69, 9.17) is 0 Å². The molecule has 6 nitrogen and oxygen atoms in total. The van der Waals surface area contributed by atoms with Gasteiger partial charge in [-0.25, -0.2) is 4.98 Å². The number of carbonyl (C=O) groups excluding carboxylic acids is 1. The van der Waals surface area contributed by atoms with Crippen molar-refractivity contribution in [2.24, 2.45) is 10.2 Å². The fourth-order valence-corrected chi connectivity index (χ4v) is 3.55. The van der Waals surface area contributed by atoms with Crippen molar-refractivity contribution in [3.05, 3.63) is 120 Å². The molecule has 1 aromatic carbocycles. The van der Waals surface area contributed by atoms with Crippen LogP contribution in [0.15, 0.2) is 126 Å². The lowest BCUT2D eigenvalue weighted by Crippen LogP contribution is -2.23. The molecule has 0 aliphatic rings. The summed E-state index contributed by atoms with van der Waals surface area (Å²) < 4.78 is 1.08. The first-order valence-electron chi connectivity index (χ1n) is 10.0. The van der Waals surface area contributed by atoms with Crippen LogP contribution in [0.25, 0.3) is 15.8 Å². The standard InChI is InChI=1S/C26H26N4O2S/c1-6-12-21(13-7-2)27-25(32)24(18(5)31)30-29-20(9-4)17-16-19(8-3)26-28-22-14-10-11-15-23(22)33-26/h6-17,31H,1,3-4H2,2,5H3,(H,27,32)/b13-7-,19-16+,20-17+,21-12+,24-18?,30-29?. The number of thiazole rings is 1. The van der Waals surface area contributed by atoms with E-state index < -0.39 is 5.91 Å². The number of benzene rings is 1. The van der Waals surface area contributed by atoms with Crippen LogP contribution in [0.4, 0.5) is 0 Å². The molecule has 168 valence electrons. The summed E-state index contributed by atoms with van der Waals surface area (Å²) in [4.78, 5) is 17.2. The third-order valence-corrected chi connectivity index (χ3v) is 5.21. The van der Waals surface area contributed by atoms with Gasteiger partial charge in [0, 0.05) is 11.3 Å². The van der Waals surface area contributed by atoms with Crippen molar-refractivity contribution in [1.82, 2.24) is 10.3 Å². The van der Waals surface area contributed by atoms with E-state index in [1.807, 2.05) is 31.2 Å². The van der Waals surface area contributed by atoms with Crippen LogP contribution < -0.4 is 5.32 Å². The smallest absolute Gasteiger partial charge is 0.279 e. The van der Waals surface area contributed by atoms with Crippen molar-refractivity contribution >= 4 is 33.0 Å². The number of aliphatic hydroxyl groups excluding tert-OH is 1. The maximum Gasteiger partial charge on any atom is 0.279 e. The van der Waals surface area contributed by atoms with Gasteiger partial charge in [-0.1, -0.05) is 50.1 Å². The first-order valence-corrected chi connectivity index (χ1v) is 10.9. The van der Waals surface area contributed by atoms with Gasteiger partial charge in [0.2, 0.25) is 0 Å². The lowest BCUT2D eigenvalue weighted by Gasteiger charge is -2.06. The number of amides is 1. The average molecular weight is 459 g/mol. The van der Waals surface area contributed by atoms with E-state index >= 15 is 0 Å². The van der Waals surface area contributed by atoms with E-state index in [1.165, 1.54) is 13.0 Å². The number of allylic oxidation sites excluding steroid dienone is 10. The van der Waals surface area contributed by atoms with Crippen molar-refractivity contribution in [1.29, 1.82) is 0 Å². The zero-order valence-electron chi connectivity index (χ0n) is 18.7. The number of carbonyl (C=O) groups is 1. The molecule has 0 spiro atoms. The lowest BCUT2D eigenvalue weighted by atomic mass is 10.2. The molecule has 1 heterocycles. The highest BCUT2D eigenvalue weighted by Crippen LogP contribution is 2.27. The molecule has 0 radical (unpaired) electrons. The summed E-state index contributed by atoms with van der Waals surface area (Å²) in [5.41, 5.74) is 2.39. The second-order valence-electron chi connectivity index (χ2n) is 6.55. The number of hydrogen-bond acceptors (Lipinski definition) is 6. The number of rotatable bonds is 10. The minimum absolute atomic E-state index is 0.221. The summed E-state index contributed by atoms with van der Waals surface area (Å²) in [6.45, 7) is 14.4. The molecule has 1 aromatic heterocycles. The van der Waals surface area contributed by atoms with Gasteiger partial charge in [0.25, 0.3) is 5.91 Å². The number of fused-ring (bicyclic) bond motifs is 1. The number of aromatic nitrogens is 1. The van der Waals surface area contributed by atoms with Crippen LogP contribution >= 0.6 is 11.3 Å². The highest BCUT2D eigenvalue weighted by atomic mass is 32.1. The normalized spacial score (nSPS) is 13.9. The zero-order chi connectivity index (χ0) is 24.2. The Bertz CT molecular complexity index is 1200. The topological polar surface area (TPSA) is 86.9 Å². The third kappa shape index (κ3) is 7.22. The predicted octanol–water partition coefficient (Wildman–Crippen LogP) is 6.94. The molecule has 2 rings (SSSR count). The van der Waals surface area contributed by atoms with Crippen LogP contribution in [0.3, 0.4) is 0 Å². The lowest BCUT2D eigenvalue weighted by molar-refractivity contribution is -0.117. The van der Waals surface area contributed by atoms with E-state index in [0.29, 0.717) is 11.4 Å². The molecule has 0 saturated heterocycles. The number of nitrogens with zero attached hydrogens (tertiary/aromatic N) is 3. The molecular weight excluding hydrogens is 432 g/mol. The van der Waals surface area contributed by atoms with Crippen LogP contribution in [-0.2, 0) is 4.79 Å². The molecule has 0 atom stereocenters. The van der Waals surface area contributed by atoms with Crippen LogP contribution in [0.2, 0.25) is 0 Å². The molecule has 7 heteroatoms. The van der Waals surface area contributed by atoms with Crippen molar-refractivity contribution in [2.75, 3.05) is 0 Å². The van der Waals surface area contributed by atoms with E-state index in [2.05, 4.69) is 40.3 Å². The quantitative estimate of drug-likeness (QED) is 0.175. The van der Waals surface area contributed by atoms with Gasteiger partial charge in [-0.05, 0) is 56.4 Å². The molecule has 0 unspecified atom stereocenters. The van der Waals surface area contributed by atoms with Gasteiger partial charge in [-0.2, -0.15) is 5.11 Å². The Balaban J connectivity index is 2.29. The van der Waals surface area contributed by atoms with E-state index in [9.17, 15) is 9.90 Å². The third-order valence-electron chi connectivity index (χ3n) is 4.13. The van der Waals surface area contributed by atoms with Crippen molar-refractivity contribution < 1.29 is 9.90 Å². The predicted molar refractivity (Wildman–Crippen MR) is 137 cm³/mol. The summed E-state index contributed by atoms with van der Waals surface area (Å²) in [7, 11) is 0. The minimum atomic E-state index is -0.606. The molecule has 0 aliphatic carbocycles. The summed E-state index contributed by atoms with van der Waals surface area (Å²) in [6.07, 6.45) is 13.3. The van der Waals surface area contributed by atoms with E-state index in [-0.39, 0.29) is 11.5 Å². The fourth-order valence-electron chi connectivity index (χ4n) is 2.57. The molecule has 0 fully saturated rings. The van der Waals surface area contributed by atoms with Gasteiger partial charge >= 0.3 is 0 Å². The Morgan fingerprint density at radius 1 is 1.12 bits per heavy atom. The Kier molecular flexibility index (Phi) is 9.67.